The Kier molecular flexibility index (Phi) is 6.10. The molecule has 0 bridgehead atoms. The first-order chi connectivity index (χ1) is 18.9. The lowest BCUT2D eigenvalue weighted by Crippen LogP contribution is -2.34. The maximum Gasteiger partial charge on any atom is 0.251 e. The van der Waals surface area contributed by atoms with Crippen molar-refractivity contribution < 1.29 is 22.8 Å². The lowest BCUT2D eigenvalue weighted by molar-refractivity contribution is 0.0929. The zero-order chi connectivity index (χ0) is 27.1. The first-order valence-corrected chi connectivity index (χ1v) is 12.9. The number of fused-ring (bicyclic) bond motifs is 1. The van der Waals surface area contributed by atoms with Gasteiger partial charge in [0.2, 0.25) is 0 Å². The second kappa shape index (κ2) is 9.62. The van der Waals surface area contributed by atoms with Crippen molar-refractivity contribution in [1.29, 1.82) is 0 Å². The lowest BCUT2D eigenvalue weighted by atomic mass is 9.97. The van der Waals surface area contributed by atoms with E-state index in [1.165, 1.54) is 24.3 Å². The van der Waals surface area contributed by atoms with Crippen molar-refractivity contribution in [3.8, 4) is 22.5 Å². The minimum absolute atomic E-state index is 0.0751. The number of halogens is 2. The van der Waals surface area contributed by atoms with Crippen molar-refractivity contribution in [2.45, 2.75) is 31.7 Å². The van der Waals surface area contributed by atoms with Gasteiger partial charge in [-0.25, -0.2) is 8.78 Å². The minimum atomic E-state index is -0.470. The van der Waals surface area contributed by atoms with Gasteiger partial charge in [-0.05, 0) is 90.2 Å². The van der Waals surface area contributed by atoms with Crippen LogP contribution in [0, 0.1) is 11.6 Å². The number of carbonyl (C=O) groups excluding carboxylic acids is 2. The van der Waals surface area contributed by atoms with Gasteiger partial charge in [0, 0.05) is 22.9 Å². The number of rotatable bonds is 7. The third kappa shape index (κ3) is 4.63. The minimum Gasteiger partial charge on any atom is -0.455 e. The third-order valence-electron chi connectivity index (χ3n) is 7.35. The van der Waals surface area contributed by atoms with Gasteiger partial charge in [0.25, 0.3) is 5.91 Å². The SMILES string of the molecule is CCC(=O)c1c(-c2ccc(F)cc2)oc2ccc(-c3cccc(C(=O)NC4(c5ccc(F)cc5)CC4)c3)cc12. The standard InChI is InChI=1S/C33H25F2NO3/c1-2-28(37)30-27-19-22(8-15-29(27)39-31(30)20-6-11-25(34)12-7-20)21-4-3-5-23(18-21)32(38)36-33(16-17-33)24-9-13-26(35)14-10-24/h3-15,18-19H,2,16-17H2,1H3,(H,36,38). The zero-order valence-electron chi connectivity index (χ0n) is 21.3. The van der Waals surface area contributed by atoms with E-state index in [2.05, 4.69) is 5.32 Å². The first-order valence-electron chi connectivity index (χ1n) is 12.9. The number of benzene rings is 4. The summed E-state index contributed by atoms with van der Waals surface area (Å²) in [5.74, 6) is -0.540. The molecule has 1 heterocycles. The molecule has 0 saturated heterocycles. The molecule has 6 rings (SSSR count). The largest absolute Gasteiger partial charge is 0.455 e. The average Bonchev–Trinajstić information content (AvgIpc) is 3.64. The number of hydrogen-bond acceptors (Lipinski definition) is 3. The predicted molar refractivity (Wildman–Crippen MR) is 146 cm³/mol. The molecular weight excluding hydrogens is 496 g/mol. The van der Waals surface area contributed by atoms with Crippen LogP contribution in [0.5, 0.6) is 0 Å². The Hall–Kier alpha value is -4.58. The Labute approximate surface area is 224 Å². The highest BCUT2D eigenvalue weighted by atomic mass is 19.1. The molecular formula is C33H25F2NO3. The highest BCUT2D eigenvalue weighted by molar-refractivity contribution is 6.12. The molecule has 1 N–H and O–H groups in total. The topological polar surface area (TPSA) is 59.3 Å². The molecule has 0 unspecified atom stereocenters. The number of hydrogen-bond donors (Lipinski definition) is 1. The molecule has 6 heteroatoms. The summed E-state index contributed by atoms with van der Waals surface area (Å²) in [7, 11) is 0. The van der Waals surface area contributed by atoms with E-state index in [1.807, 2.05) is 36.4 Å². The van der Waals surface area contributed by atoms with Gasteiger partial charge in [-0.2, -0.15) is 0 Å². The van der Waals surface area contributed by atoms with Crippen molar-refractivity contribution in [2.24, 2.45) is 0 Å². The molecule has 1 fully saturated rings. The zero-order valence-corrected chi connectivity index (χ0v) is 21.3. The molecule has 4 nitrogen and oxygen atoms in total. The summed E-state index contributed by atoms with van der Waals surface area (Å²) in [6.45, 7) is 1.79. The highest BCUT2D eigenvalue weighted by Gasteiger charge is 2.45. The Morgan fingerprint density at radius 2 is 1.46 bits per heavy atom. The predicted octanol–water partition coefficient (Wildman–Crippen LogP) is 8.06. The van der Waals surface area contributed by atoms with E-state index in [0.717, 1.165) is 29.5 Å². The number of furan rings is 1. The summed E-state index contributed by atoms with van der Waals surface area (Å²) in [5, 5.41) is 3.81. The number of amides is 1. The fourth-order valence-electron chi connectivity index (χ4n) is 5.04. The molecule has 0 radical (unpaired) electrons. The van der Waals surface area contributed by atoms with Gasteiger partial charge in [0.1, 0.15) is 23.0 Å². The van der Waals surface area contributed by atoms with E-state index in [0.29, 0.717) is 39.8 Å². The Morgan fingerprint density at radius 1 is 0.821 bits per heavy atom. The van der Waals surface area contributed by atoms with Crippen LogP contribution < -0.4 is 5.32 Å². The summed E-state index contributed by atoms with van der Waals surface area (Å²) >= 11 is 0. The molecule has 0 spiro atoms. The van der Waals surface area contributed by atoms with Gasteiger partial charge in [-0.1, -0.05) is 37.3 Å². The summed E-state index contributed by atoms with van der Waals surface area (Å²) in [5.41, 5.74) is 4.21. The molecule has 39 heavy (non-hydrogen) atoms. The third-order valence-corrected chi connectivity index (χ3v) is 7.35. The quantitative estimate of drug-likeness (QED) is 0.220. The molecule has 1 amide bonds. The van der Waals surface area contributed by atoms with Gasteiger partial charge in [-0.15, -0.1) is 0 Å². The number of Topliss-reactive ketones (excluding diaryl/α,β-unsaturated/α-hetero) is 1. The summed E-state index contributed by atoms with van der Waals surface area (Å²) < 4.78 is 33.0. The first kappa shape index (κ1) is 24.7. The van der Waals surface area contributed by atoms with Gasteiger partial charge >= 0.3 is 0 Å². The summed E-state index contributed by atoms with van der Waals surface area (Å²) in [6.07, 6.45) is 1.89. The van der Waals surface area contributed by atoms with Crippen LogP contribution in [-0.4, -0.2) is 11.7 Å². The van der Waals surface area contributed by atoms with Crippen LogP contribution in [0.1, 0.15) is 52.5 Å². The molecule has 4 aromatic carbocycles. The second-order valence-electron chi connectivity index (χ2n) is 9.92. The maximum absolute atomic E-state index is 13.5. The maximum atomic E-state index is 13.5. The lowest BCUT2D eigenvalue weighted by Gasteiger charge is -2.18. The van der Waals surface area contributed by atoms with Crippen molar-refractivity contribution >= 4 is 22.7 Å². The molecule has 5 aromatic rings. The van der Waals surface area contributed by atoms with Crippen molar-refractivity contribution in [3.05, 3.63) is 119 Å². The molecule has 1 aliphatic carbocycles. The van der Waals surface area contributed by atoms with Crippen LogP contribution in [-0.2, 0) is 5.54 Å². The Morgan fingerprint density at radius 3 is 2.13 bits per heavy atom. The average molecular weight is 522 g/mol. The highest BCUT2D eigenvalue weighted by Crippen LogP contribution is 2.45. The second-order valence-corrected chi connectivity index (χ2v) is 9.92. The molecule has 0 atom stereocenters. The van der Waals surface area contributed by atoms with Gasteiger partial charge < -0.3 is 9.73 Å². The van der Waals surface area contributed by atoms with E-state index < -0.39 is 5.54 Å². The van der Waals surface area contributed by atoms with Gasteiger partial charge in [0.05, 0.1) is 11.1 Å². The normalized spacial score (nSPS) is 13.8. The van der Waals surface area contributed by atoms with Crippen LogP contribution in [0.25, 0.3) is 33.4 Å². The van der Waals surface area contributed by atoms with Crippen molar-refractivity contribution in [1.82, 2.24) is 5.32 Å². The van der Waals surface area contributed by atoms with E-state index in [4.69, 9.17) is 4.42 Å². The number of ketones is 1. The number of nitrogens with one attached hydrogen (secondary N) is 1. The Bertz CT molecular complexity index is 1710. The van der Waals surface area contributed by atoms with Crippen LogP contribution in [0.3, 0.4) is 0 Å². The van der Waals surface area contributed by atoms with Crippen molar-refractivity contribution in [3.63, 3.8) is 0 Å². The van der Waals surface area contributed by atoms with Gasteiger partial charge in [-0.3, -0.25) is 9.59 Å². The molecule has 1 aliphatic rings. The summed E-state index contributed by atoms with van der Waals surface area (Å²) in [6, 6.07) is 25.0. The molecule has 194 valence electrons. The molecule has 1 aromatic heterocycles. The van der Waals surface area contributed by atoms with Crippen LogP contribution in [0.15, 0.2) is 95.4 Å². The number of carbonyl (C=O) groups is 2. The molecule has 0 aliphatic heterocycles. The van der Waals surface area contributed by atoms with E-state index >= 15 is 0 Å². The smallest absolute Gasteiger partial charge is 0.251 e. The fourth-order valence-corrected chi connectivity index (χ4v) is 5.04. The van der Waals surface area contributed by atoms with E-state index in [9.17, 15) is 18.4 Å². The molecule has 1 saturated carbocycles. The van der Waals surface area contributed by atoms with Gasteiger partial charge in [0.15, 0.2) is 5.78 Å². The monoisotopic (exact) mass is 521 g/mol. The van der Waals surface area contributed by atoms with E-state index in [-0.39, 0.29) is 23.3 Å². The van der Waals surface area contributed by atoms with Crippen LogP contribution in [0.2, 0.25) is 0 Å². The Balaban J connectivity index is 1.34. The fraction of sp³-hybridized carbons (Fsp3) is 0.152. The summed E-state index contributed by atoms with van der Waals surface area (Å²) in [4.78, 5) is 26.2. The van der Waals surface area contributed by atoms with E-state index in [1.54, 1.807) is 37.3 Å². The van der Waals surface area contributed by atoms with Crippen molar-refractivity contribution in [2.75, 3.05) is 0 Å². The van der Waals surface area contributed by atoms with Crippen LogP contribution >= 0.6 is 0 Å². The van der Waals surface area contributed by atoms with Crippen LogP contribution in [0.4, 0.5) is 8.78 Å².